The maximum absolute atomic E-state index is 12.1. The van der Waals surface area contributed by atoms with E-state index in [9.17, 15) is 10.1 Å². The Kier molecular flexibility index (Phi) is 9.10. The van der Waals surface area contributed by atoms with Gasteiger partial charge >= 0.3 is 5.97 Å². The van der Waals surface area contributed by atoms with E-state index in [4.69, 9.17) is 15.2 Å². The van der Waals surface area contributed by atoms with Crippen LogP contribution in [-0.2, 0) is 4.74 Å². The van der Waals surface area contributed by atoms with E-state index in [-0.39, 0.29) is 16.9 Å². The second-order valence-electron chi connectivity index (χ2n) is 7.10. The van der Waals surface area contributed by atoms with Gasteiger partial charge < -0.3 is 19.8 Å². The van der Waals surface area contributed by atoms with Gasteiger partial charge in [0.05, 0.1) is 25.0 Å². The Morgan fingerprint density at radius 3 is 2.28 bits per heavy atom. The average Bonchev–Trinajstić information content (AvgIpc) is 3.08. The molecule has 0 bridgehead atoms. The van der Waals surface area contributed by atoms with E-state index in [1.165, 1.54) is 58.3 Å². The smallest absolute Gasteiger partial charge is 0.357 e. The highest BCUT2D eigenvalue weighted by atomic mass is 16.5. The van der Waals surface area contributed by atoms with Gasteiger partial charge in [-0.15, -0.1) is 0 Å². The first-order chi connectivity index (χ1) is 14.1. The van der Waals surface area contributed by atoms with Crippen LogP contribution in [0.3, 0.4) is 0 Å². The lowest BCUT2D eigenvalue weighted by atomic mass is 10.1. The van der Waals surface area contributed by atoms with Crippen LogP contribution in [0.2, 0.25) is 0 Å². The maximum atomic E-state index is 12.1. The van der Waals surface area contributed by atoms with Gasteiger partial charge in [-0.3, -0.25) is 0 Å². The molecule has 2 rings (SSSR count). The topological polar surface area (TPSA) is 90.3 Å². The van der Waals surface area contributed by atoms with E-state index in [0.29, 0.717) is 12.3 Å². The third-order valence-electron chi connectivity index (χ3n) is 4.93. The zero-order valence-corrected chi connectivity index (χ0v) is 17.4. The molecule has 6 heteroatoms. The minimum absolute atomic E-state index is 0.120. The summed E-state index contributed by atoms with van der Waals surface area (Å²) in [4.78, 5) is 12.1. The van der Waals surface area contributed by atoms with Gasteiger partial charge in [-0.2, -0.15) is 5.26 Å². The number of benzene rings is 1. The van der Waals surface area contributed by atoms with Gasteiger partial charge in [-0.25, -0.2) is 4.79 Å². The molecule has 1 heterocycles. The highest BCUT2D eigenvalue weighted by molar-refractivity contribution is 5.95. The summed E-state index contributed by atoms with van der Waals surface area (Å²) in [7, 11) is 1.29. The zero-order valence-electron chi connectivity index (χ0n) is 17.4. The minimum atomic E-state index is -0.584. The fraction of sp³-hybridized carbons (Fsp3) is 0.478. The number of ether oxygens (including phenoxy) is 2. The van der Waals surface area contributed by atoms with Crippen molar-refractivity contribution in [3.63, 3.8) is 0 Å². The monoisotopic (exact) mass is 397 g/mol. The second kappa shape index (κ2) is 11.8. The molecule has 0 aliphatic heterocycles. The van der Waals surface area contributed by atoms with Gasteiger partial charge in [0.2, 0.25) is 0 Å². The van der Waals surface area contributed by atoms with Crippen LogP contribution in [0.25, 0.3) is 5.69 Å². The van der Waals surface area contributed by atoms with Crippen molar-refractivity contribution in [3.8, 4) is 17.5 Å². The molecular weight excluding hydrogens is 366 g/mol. The Morgan fingerprint density at radius 2 is 1.69 bits per heavy atom. The lowest BCUT2D eigenvalue weighted by Crippen LogP contribution is -2.11. The van der Waals surface area contributed by atoms with E-state index in [2.05, 4.69) is 6.92 Å². The number of esters is 1. The van der Waals surface area contributed by atoms with Gasteiger partial charge in [0, 0.05) is 11.9 Å². The molecule has 0 atom stereocenters. The Bertz CT molecular complexity index is 819. The summed E-state index contributed by atoms with van der Waals surface area (Å²) in [6, 6.07) is 9.36. The summed E-state index contributed by atoms with van der Waals surface area (Å²) in [5.74, 6) is 0.191. The molecule has 0 aliphatic rings. The number of anilines is 1. The largest absolute Gasteiger partial charge is 0.494 e. The van der Waals surface area contributed by atoms with Crippen LogP contribution >= 0.6 is 0 Å². The number of nitrogens with zero attached hydrogens (tertiary/aromatic N) is 2. The van der Waals surface area contributed by atoms with Crippen LogP contribution in [-0.4, -0.2) is 24.3 Å². The molecule has 0 unspecified atom stereocenters. The van der Waals surface area contributed by atoms with Crippen LogP contribution < -0.4 is 10.5 Å². The number of nitrogens with two attached hydrogens (primary N) is 1. The number of unbranched alkanes of at least 4 members (excludes halogenated alkanes) is 7. The number of rotatable bonds is 12. The van der Waals surface area contributed by atoms with Crippen LogP contribution in [0.4, 0.5) is 5.69 Å². The summed E-state index contributed by atoms with van der Waals surface area (Å²) >= 11 is 0. The van der Waals surface area contributed by atoms with Gasteiger partial charge in [0.15, 0.2) is 5.69 Å². The number of carbonyl (C=O) groups excluding carboxylic acids is 1. The minimum Gasteiger partial charge on any atom is -0.494 e. The molecule has 0 amide bonds. The first kappa shape index (κ1) is 22.4. The van der Waals surface area contributed by atoms with Gasteiger partial charge in [0.25, 0.3) is 0 Å². The van der Waals surface area contributed by atoms with Crippen molar-refractivity contribution < 1.29 is 14.3 Å². The first-order valence-corrected chi connectivity index (χ1v) is 10.3. The lowest BCUT2D eigenvalue weighted by molar-refractivity contribution is 0.0593. The van der Waals surface area contributed by atoms with Crippen LogP contribution in [0.1, 0.15) is 74.3 Å². The predicted octanol–water partition coefficient (Wildman–Crippen LogP) is 5.24. The predicted molar refractivity (Wildman–Crippen MR) is 114 cm³/mol. The van der Waals surface area contributed by atoms with Gasteiger partial charge in [0.1, 0.15) is 11.8 Å². The van der Waals surface area contributed by atoms with Crippen molar-refractivity contribution in [2.75, 3.05) is 19.5 Å². The molecule has 2 N–H and O–H groups in total. The molecule has 0 spiro atoms. The number of carbonyl (C=O) groups is 1. The Balaban J connectivity index is 1.88. The van der Waals surface area contributed by atoms with E-state index in [1.807, 2.05) is 30.3 Å². The van der Waals surface area contributed by atoms with Crippen LogP contribution in [0.15, 0.2) is 30.5 Å². The maximum Gasteiger partial charge on any atom is 0.357 e. The molecule has 1 aromatic carbocycles. The molecule has 29 heavy (non-hydrogen) atoms. The van der Waals surface area contributed by atoms with Crippen molar-refractivity contribution in [3.05, 3.63) is 41.7 Å². The molecule has 1 aromatic heterocycles. The van der Waals surface area contributed by atoms with Crippen molar-refractivity contribution in [1.82, 2.24) is 4.57 Å². The van der Waals surface area contributed by atoms with Crippen LogP contribution in [0.5, 0.6) is 5.75 Å². The SMILES string of the molecule is CCCCCCCCCCOc1ccc(-n2cc(C#N)c(N)c2C(=O)OC)cc1. The van der Waals surface area contributed by atoms with E-state index in [0.717, 1.165) is 12.2 Å². The summed E-state index contributed by atoms with van der Waals surface area (Å²) in [5.41, 5.74) is 7.14. The first-order valence-electron chi connectivity index (χ1n) is 10.3. The highest BCUT2D eigenvalue weighted by Gasteiger charge is 2.21. The second-order valence-corrected chi connectivity index (χ2v) is 7.10. The van der Waals surface area contributed by atoms with Crippen molar-refractivity contribution in [1.29, 1.82) is 5.26 Å². The third-order valence-corrected chi connectivity index (χ3v) is 4.93. The fourth-order valence-electron chi connectivity index (χ4n) is 3.25. The van der Waals surface area contributed by atoms with E-state index in [1.54, 1.807) is 4.57 Å². The molecule has 0 saturated heterocycles. The molecule has 0 radical (unpaired) electrons. The van der Waals surface area contributed by atoms with E-state index >= 15 is 0 Å². The average molecular weight is 398 g/mol. The van der Waals surface area contributed by atoms with Crippen molar-refractivity contribution in [2.45, 2.75) is 58.3 Å². The number of hydrogen-bond donors (Lipinski definition) is 1. The summed E-state index contributed by atoms with van der Waals surface area (Å²) in [6.07, 6.45) is 11.6. The molecule has 0 fully saturated rings. The molecule has 0 saturated carbocycles. The normalized spacial score (nSPS) is 10.5. The molecule has 6 nitrogen and oxygen atoms in total. The number of methoxy groups -OCH3 is 1. The number of aromatic nitrogens is 1. The van der Waals surface area contributed by atoms with Crippen molar-refractivity contribution in [2.24, 2.45) is 0 Å². The Labute approximate surface area is 173 Å². The molecule has 0 aliphatic carbocycles. The quantitative estimate of drug-likeness (QED) is 0.391. The fourth-order valence-corrected chi connectivity index (χ4v) is 3.25. The van der Waals surface area contributed by atoms with Crippen molar-refractivity contribution >= 4 is 11.7 Å². The highest BCUT2D eigenvalue weighted by Crippen LogP contribution is 2.26. The summed E-state index contributed by atoms with van der Waals surface area (Å²) in [6.45, 7) is 2.93. The van der Waals surface area contributed by atoms with Crippen LogP contribution in [0, 0.1) is 11.3 Å². The zero-order chi connectivity index (χ0) is 21.1. The molecular formula is C23H31N3O3. The Hall–Kier alpha value is -2.94. The molecule has 2 aromatic rings. The summed E-state index contributed by atoms with van der Waals surface area (Å²) < 4.78 is 12.2. The van der Waals surface area contributed by atoms with Gasteiger partial charge in [-0.1, -0.05) is 51.9 Å². The Morgan fingerprint density at radius 1 is 1.07 bits per heavy atom. The van der Waals surface area contributed by atoms with Gasteiger partial charge in [-0.05, 0) is 30.7 Å². The molecule has 156 valence electrons. The lowest BCUT2D eigenvalue weighted by Gasteiger charge is -2.10. The number of nitriles is 1. The number of hydrogen-bond acceptors (Lipinski definition) is 5. The third kappa shape index (κ3) is 6.28. The van der Waals surface area contributed by atoms with E-state index < -0.39 is 5.97 Å². The summed E-state index contributed by atoms with van der Waals surface area (Å²) in [5, 5.41) is 9.20. The standard InChI is InChI=1S/C23H31N3O3/c1-3-4-5-6-7-8-9-10-15-29-20-13-11-19(12-14-20)26-17-18(16-24)21(25)22(26)23(27)28-2/h11-14,17H,3-10,15,25H2,1-2H3. The number of nitrogen functional groups attached to an aromatic ring is 1.